The van der Waals surface area contributed by atoms with Crippen LogP contribution in [0.25, 0.3) is 11.1 Å². The van der Waals surface area contributed by atoms with Gasteiger partial charge < -0.3 is 9.67 Å². The fourth-order valence-corrected chi connectivity index (χ4v) is 2.62. The predicted molar refractivity (Wildman–Crippen MR) is 88.4 cm³/mol. The zero-order valence-electron chi connectivity index (χ0n) is 12.7. The Morgan fingerprint density at radius 1 is 1.00 bits per heavy atom. The molecule has 1 atom stereocenters. The highest BCUT2D eigenvalue weighted by atomic mass is 16.3. The van der Waals surface area contributed by atoms with Crippen molar-refractivity contribution in [2.75, 3.05) is 0 Å². The van der Waals surface area contributed by atoms with E-state index in [4.69, 9.17) is 0 Å². The Morgan fingerprint density at radius 3 is 2.36 bits per heavy atom. The molecule has 112 valence electrons. The molecule has 1 heterocycles. The van der Waals surface area contributed by atoms with E-state index in [0.717, 1.165) is 18.8 Å². The average Bonchev–Trinajstić information content (AvgIpc) is 3.03. The van der Waals surface area contributed by atoms with E-state index in [0.29, 0.717) is 0 Å². The highest BCUT2D eigenvalue weighted by Crippen LogP contribution is 2.19. The molecule has 1 N–H and O–H groups in total. The summed E-state index contributed by atoms with van der Waals surface area (Å²) in [7, 11) is 0. The van der Waals surface area contributed by atoms with Gasteiger partial charge in [0, 0.05) is 18.9 Å². The molecular formula is C19H20N2O. The first-order valence-corrected chi connectivity index (χ1v) is 7.57. The molecule has 1 aromatic heterocycles. The summed E-state index contributed by atoms with van der Waals surface area (Å²) >= 11 is 0. The van der Waals surface area contributed by atoms with Crippen LogP contribution >= 0.6 is 0 Å². The summed E-state index contributed by atoms with van der Waals surface area (Å²) < 4.78 is 2.01. The van der Waals surface area contributed by atoms with Crippen molar-refractivity contribution in [3.8, 4) is 11.1 Å². The molecular weight excluding hydrogens is 272 g/mol. The van der Waals surface area contributed by atoms with Gasteiger partial charge in [0.25, 0.3) is 0 Å². The summed E-state index contributed by atoms with van der Waals surface area (Å²) in [5.74, 6) is 0.723. The van der Waals surface area contributed by atoms with Gasteiger partial charge in [-0.15, -0.1) is 0 Å². The number of aliphatic hydroxyl groups is 1. The zero-order chi connectivity index (χ0) is 15.4. The van der Waals surface area contributed by atoms with Crippen LogP contribution in [0.15, 0.2) is 67.0 Å². The predicted octanol–water partition coefficient (Wildman–Crippen LogP) is 3.85. The molecule has 0 spiro atoms. The van der Waals surface area contributed by atoms with Crippen LogP contribution in [0.4, 0.5) is 0 Å². The molecule has 0 fully saturated rings. The summed E-state index contributed by atoms with van der Waals surface area (Å²) in [5, 5.41) is 9.67. The van der Waals surface area contributed by atoms with Crippen LogP contribution < -0.4 is 0 Å². The van der Waals surface area contributed by atoms with E-state index >= 15 is 0 Å². The van der Waals surface area contributed by atoms with Gasteiger partial charge in [0.05, 0.1) is 0 Å². The molecule has 0 aliphatic rings. The number of nitrogens with zero attached hydrogens (tertiary/aromatic N) is 2. The Bertz CT molecular complexity index is 715. The second-order valence-electron chi connectivity index (χ2n) is 5.47. The molecule has 0 saturated heterocycles. The molecule has 3 nitrogen and oxygen atoms in total. The van der Waals surface area contributed by atoms with Gasteiger partial charge in [-0.1, -0.05) is 54.6 Å². The molecule has 2 aromatic carbocycles. The molecule has 22 heavy (non-hydrogen) atoms. The maximum absolute atomic E-state index is 9.67. The van der Waals surface area contributed by atoms with E-state index in [1.54, 1.807) is 13.1 Å². The van der Waals surface area contributed by atoms with Crippen molar-refractivity contribution >= 4 is 0 Å². The number of hydrogen-bond acceptors (Lipinski definition) is 2. The summed E-state index contributed by atoms with van der Waals surface area (Å²) in [6.45, 7) is 2.57. The Kier molecular flexibility index (Phi) is 4.35. The fourth-order valence-electron chi connectivity index (χ4n) is 2.62. The molecule has 0 saturated carbocycles. The van der Waals surface area contributed by atoms with E-state index in [9.17, 15) is 5.11 Å². The third-order valence-electron chi connectivity index (χ3n) is 3.82. The van der Waals surface area contributed by atoms with Gasteiger partial charge >= 0.3 is 0 Å². The summed E-state index contributed by atoms with van der Waals surface area (Å²) in [5.41, 5.74) is 3.75. The molecule has 3 heteroatoms. The van der Waals surface area contributed by atoms with Crippen LogP contribution in [0.3, 0.4) is 0 Å². The van der Waals surface area contributed by atoms with Crippen molar-refractivity contribution in [3.05, 3.63) is 78.4 Å². The molecule has 0 aliphatic carbocycles. The second kappa shape index (κ2) is 6.58. The Hall–Kier alpha value is -2.39. The highest BCUT2D eigenvalue weighted by molar-refractivity contribution is 5.63. The maximum Gasteiger partial charge on any atom is 0.137 e. The minimum Gasteiger partial charge on any atom is -0.385 e. The number of imidazole rings is 1. The first-order chi connectivity index (χ1) is 10.7. The summed E-state index contributed by atoms with van der Waals surface area (Å²) in [6.07, 6.45) is 4.04. The first kappa shape index (κ1) is 14.5. The number of rotatable bonds is 5. The topological polar surface area (TPSA) is 38.1 Å². The van der Waals surface area contributed by atoms with Gasteiger partial charge in [-0.25, -0.2) is 4.98 Å². The molecule has 1 unspecified atom stereocenters. The van der Waals surface area contributed by atoms with Crippen LogP contribution in [0.2, 0.25) is 0 Å². The minimum absolute atomic E-state index is 0.532. The molecule has 3 rings (SSSR count). The van der Waals surface area contributed by atoms with Crippen LogP contribution in [0, 0.1) is 0 Å². The SMILES string of the molecule is CC(O)c1nccn1CCc1ccc(-c2ccccc2)cc1. The lowest BCUT2D eigenvalue weighted by atomic mass is 10.0. The van der Waals surface area contributed by atoms with Crippen molar-refractivity contribution in [2.24, 2.45) is 0 Å². The van der Waals surface area contributed by atoms with Crippen molar-refractivity contribution in [2.45, 2.75) is 26.0 Å². The maximum atomic E-state index is 9.67. The Labute approximate surface area is 130 Å². The van der Waals surface area contributed by atoms with Gasteiger partial charge in [-0.2, -0.15) is 0 Å². The van der Waals surface area contributed by atoms with Crippen LogP contribution in [0.1, 0.15) is 24.4 Å². The Balaban J connectivity index is 1.68. The van der Waals surface area contributed by atoms with E-state index < -0.39 is 6.10 Å². The summed E-state index contributed by atoms with van der Waals surface area (Å²) in [6, 6.07) is 19.0. The summed E-state index contributed by atoms with van der Waals surface area (Å²) in [4.78, 5) is 4.19. The van der Waals surface area contributed by atoms with Gasteiger partial charge in [-0.3, -0.25) is 0 Å². The largest absolute Gasteiger partial charge is 0.385 e. The molecule has 0 amide bonds. The van der Waals surface area contributed by atoms with Crippen molar-refractivity contribution in [3.63, 3.8) is 0 Å². The van der Waals surface area contributed by atoms with Gasteiger partial charge in [0.1, 0.15) is 11.9 Å². The quantitative estimate of drug-likeness (QED) is 0.775. The Morgan fingerprint density at radius 2 is 1.68 bits per heavy atom. The van der Waals surface area contributed by atoms with E-state index in [1.165, 1.54) is 16.7 Å². The third kappa shape index (κ3) is 3.26. The van der Waals surface area contributed by atoms with Gasteiger partial charge in [-0.05, 0) is 30.0 Å². The fraction of sp³-hybridized carbons (Fsp3) is 0.211. The van der Waals surface area contributed by atoms with E-state index in [2.05, 4.69) is 53.5 Å². The van der Waals surface area contributed by atoms with E-state index in [1.807, 2.05) is 16.8 Å². The number of aromatic nitrogens is 2. The van der Waals surface area contributed by atoms with Crippen molar-refractivity contribution in [1.82, 2.24) is 9.55 Å². The lowest BCUT2D eigenvalue weighted by Gasteiger charge is -2.10. The third-order valence-corrected chi connectivity index (χ3v) is 3.82. The highest BCUT2D eigenvalue weighted by Gasteiger charge is 2.08. The molecule has 0 radical (unpaired) electrons. The van der Waals surface area contributed by atoms with Gasteiger partial charge in [0.2, 0.25) is 0 Å². The normalized spacial score (nSPS) is 12.3. The zero-order valence-corrected chi connectivity index (χ0v) is 12.7. The monoisotopic (exact) mass is 292 g/mol. The van der Waals surface area contributed by atoms with Gasteiger partial charge in [0.15, 0.2) is 0 Å². The number of aliphatic hydroxyl groups excluding tert-OH is 1. The lowest BCUT2D eigenvalue weighted by molar-refractivity contribution is 0.183. The average molecular weight is 292 g/mol. The lowest BCUT2D eigenvalue weighted by Crippen LogP contribution is -2.08. The van der Waals surface area contributed by atoms with Crippen LogP contribution in [-0.2, 0) is 13.0 Å². The first-order valence-electron chi connectivity index (χ1n) is 7.57. The molecule has 0 aliphatic heterocycles. The minimum atomic E-state index is -0.532. The molecule has 0 bridgehead atoms. The number of benzene rings is 2. The van der Waals surface area contributed by atoms with Crippen LogP contribution in [-0.4, -0.2) is 14.7 Å². The number of aryl methyl sites for hydroxylation is 2. The second-order valence-corrected chi connectivity index (χ2v) is 5.47. The van der Waals surface area contributed by atoms with E-state index in [-0.39, 0.29) is 0 Å². The number of hydrogen-bond donors (Lipinski definition) is 1. The molecule has 3 aromatic rings. The van der Waals surface area contributed by atoms with Crippen LogP contribution in [0.5, 0.6) is 0 Å². The van der Waals surface area contributed by atoms with Crippen molar-refractivity contribution in [1.29, 1.82) is 0 Å². The smallest absolute Gasteiger partial charge is 0.137 e. The van der Waals surface area contributed by atoms with Crippen molar-refractivity contribution < 1.29 is 5.11 Å². The standard InChI is InChI=1S/C19H20N2O/c1-15(22)19-20-12-14-21(19)13-11-16-7-9-18(10-8-16)17-5-3-2-4-6-17/h2-10,12,14-15,22H,11,13H2,1H3.